The zero-order chi connectivity index (χ0) is 9.42. The molecule has 0 saturated carbocycles. The van der Waals surface area contributed by atoms with Gasteiger partial charge >= 0.3 is 0 Å². The van der Waals surface area contributed by atoms with Crippen LogP contribution in [0.1, 0.15) is 36.5 Å². The molecule has 1 N–H and O–H groups in total. The van der Waals surface area contributed by atoms with Crippen molar-refractivity contribution in [3.63, 3.8) is 0 Å². The molecule has 1 aromatic carbocycles. The lowest BCUT2D eigenvalue weighted by atomic mass is 9.75. The van der Waals surface area contributed by atoms with Crippen LogP contribution in [0.2, 0.25) is 0 Å². The number of hydrogen-bond acceptors (Lipinski definition) is 2. The summed E-state index contributed by atoms with van der Waals surface area (Å²) < 4.78 is 0. The van der Waals surface area contributed by atoms with E-state index in [9.17, 15) is 0 Å². The summed E-state index contributed by atoms with van der Waals surface area (Å²) >= 11 is 0. The van der Waals surface area contributed by atoms with Crippen molar-refractivity contribution in [1.82, 2.24) is 0 Å². The summed E-state index contributed by atoms with van der Waals surface area (Å²) in [7, 11) is 0. The van der Waals surface area contributed by atoms with Gasteiger partial charge in [0.25, 0.3) is 0 Å². The lowest BCUT2D eigenvalue weighted by Gasteiger charge is -2.30. The molecular formula is C11H14O2. The molecule has 0 fully saturated rings. The second-order valence-corrected chi connectivity index (χ2v) is 3.67. The first-order valence-corrected chi connectivity index (χ1v) is 4.74. The molecule has 1 unspecified atom stereocenters. The Labute approximate surface area is 78.1 Å². The van der Waals surface area contributed by atoms with Gasteiger partial charge in [-0.1, -0.05) is 19.9 Å². The van der Waals surface area contributed by atoms with Crippen LogP contribution in [0.3, 0.4) is 0 Å². The molecule has 0 heterocycles. The van der Waals surface area contributed by atoms with E-state index in [0.29, 0.717) is 11.7 Å². The summed E-state index contributed by atoms with van der Waals surface area (Å²) in [5, 5.41) is 8.68. The predicted octanol–water partition coefficient (Wildman–Crippen LogP) is 2.76. The Hall–Kier alpha value is -1.02. The molecular weight excluding hydrogens is 164 g/mol. The minimum absolute atomic E-state index is 0.618. The van der Waals surface area contributed by atoms with Crippen LogP contribution in [-0.4, -0.2) is 5.26 Å². The van der Waals surface area contributed by atoms with E-state index in [1.54, 1.807) is 0 Å². The first kappa shape index (κ1) is 8.57. The predicted molar refractivity (Wildman–Crippen MR) is 51.2 cm³/mol. The summed E-state index contributed by atoms with van der Waals surface area (Å²) in [5.74, 6) is 1.24. The minimum atomic E-state index is 0.618. The monoisotopic (exact) mass is 178 g/mol. The molecule has 1 aliphatic carbocycles. The molecule has 70 valence electrons. The Morgan fingerprint density at radius 2 is 2.31 bits per heavy atom. The van der Waals surface area contributed by atoms with Gasteiger partial charge in [0, 0.05) is 5.56 Å². The number of fused-ring (bicyclic) bond motifs is 1. The third-order valence-electron chi connectivity index (χ3n) is 2.88. The van der Waals surface area contributed by atoms with Gasteiger partial charge in [0.05, 0.1) is 0 Å². The fourth-order valence-corrected chi connectivity index (χ4v) is 2.24. The van der Waals surface area contributed by atoms with E-state index in [1.165, 1.54) is 16.7 Å². The van der Waals surface area contributed by atoms with E-state index < -0.39 is 0 Å². The van der Waals surface area contributed by atoms with Gasteiger partial charge in [-0.2, -0.15) is 0 Å². The van der Waals surface area contributed by atoms with Gasteiger partial charge < -0.3 is 4.89 Å². The van der Waals surface area contributed by atoms with E-state index >= 15 is 0 Å². The van der Waals surface area contributed by atoms with Crippen LogP contribution < -0.4 is 4.89 Å². The number of benzene rings is 1. The Balaban J connectivity index is 2.53. The number of hydrogen-bond donors (Lipinski definition) is 1. The van der Waals surface area contributed by atoms with Gasteiger partial charge in [0.15, 0.2) is 5.75 Å². The van der Waals surface area contributed by atoms with Gasteiger partial charge in [-0.05, 0) is 36.0 Å². The Morgan fingerprint density at radius 3 is 2.85 bits per heavy atom. The molecule has 13 heavy (non-hydrogen) atoms. The van der Waals surface area contributed by atoms with Crippen molar-refractivity contribution in [3.05, 3.63) is 28.8 Å². The average Bonchev–Trinajstić information content (AvgIpc) is 2.15. The maximum absolute atomic E-state index is 8.68. The smallest absolute Gasteiger partial charge is 0.168 e. The summed E-state index contributed by atoms with van der Waals surface area (Å²) in [6.07, 6.45) is 2.08. The second kappa shape index (κ2) is 3.04. The SMILES string of the molecule is CCc1c(OO)ccc2c1C(C)C2. The molecule has 2 heteroatoms. The lowest BCUT2D eigenvalue weighted by molar-refractivity contribution is -0.138. The Kier molecular flexibility index (Phi) is 2.00. The normalized spacial score (nSPS) is 19.2. The first-order chi connectivity index (χ1) is 6.27. The Bertz CT molecular complexity index is 331. The standard InChI is InChI=1S/C11H14O2/c1-3-9-10(13-12)5-4-8-6-7(2)11(8)9/h4-5,7,12H,3,6H2,1-2H3. The van der Waals surface area contributed by atoms with Crippen molar-refractivity contribution >= 4 is 0 Å². The summed E-state index contributed by atoms with van der Waals surface area (Å²) in [6.45, 7) is 4.30. The van der Waals surface area contributed by atoms with Crippen LogP contribution in [0.4, 0.5) is 0 Å². The third-order valence-corrected chi connectivity index (χ3v) is 2.88. The molecule has 0 aliphatic heterocycles. The highest BCUT2D eigenvalue weighted by Gasteiger charge is 2.26. The largest absolute Gasteiger partial charge is 0.340 e. The van der Waals surface area contributed by atoms with E-state index in [2.05, 4.69) is 18.7 Å². The molecule has 1 aliphatic rings. The van der Waals surface area contributed by atoms with Crippen LogP contribution in [0.5, 0.6) is 5.75 Å². The van der Waals surface area contributed by atoms with Crippen molar-refractivity contribution in [2.24, 2.45) is 0 Å². The topological polar surface area (TPSA) is 29.5 Å². The van der Waals surface area contributed by atoms with Crippen molar-refractivity contribution in [3.8, 4) is 5.75 Å². The molecule has 1 aromatic rings. The van der Waals surface area contributed by atoms with E-state index in [4.69, 9.17) is 5.26 Å². The van der Waals surface area contributed by atoms with Crippen LogP contribution >= 0.6 is 0 Å². The van der Waals surface area contributed by atoms with E-state index in [1.807, 2.05) is 12.1 Å². The third kappa shape index (κ3) is 1.13. The van der Waals surface area contributed by atoms with Gasteiger partial charge in [-0.25, -0.2) is 5.26 Å². The van der Waals surface area contributed by atoms with Gasteiger partial charge in [0.1, 0.15) is 0 Å². The fraction of sp³-hybridized carbons (Fsp3) is 0.455. The highest BCUT2D eigenvalue weighted by atomic mass is 17.1. The minimum Gasteiger partial charge on any atom is -0.340 e. The molecule has 0 bridgehead atoms. The summed E-state index contributed by atoms with van der Waals surface area (Å²) in [4.78, 5) is 4.35. The molecule has 0 spiro atoms. The van der Waals surface area contributed by atoms with Crippen molar-refractivity contribution < 1.29 is 10.1 Å². The molecule has 0 saturated heterocycles. The molecule has 2 nitrogen and oxygen atoms in total. The molecule has 1 atom stereocenters. The summed E-state index contributed by atoms with van der Waals surface area (Å²) in [5.41, 5.74) is 3.96. The fourth-order valence-electron chi connectivity index (χ4n) is 2.24. The lowest BCUT2D eigenvalue weighted by Crippen LogP contribution is -2.17. The Morgan fingerprint density at radius 1 is 1.54 bits per heavy atom. The number of rotatable bonds is 2. The second-order valence-electron chi connectivity index (χ2n) is 3.67. The highest BCUT2D eigenvalue weighted by molar-refractivity contribution is 5.52. The zero-order valence-corrected chi connectivity index (χ0v) is 8.00. The quantitative estimate of drug-likeness (QED) is 0.557. The van der Waals surface area contributed by atoms with Crippen LogP contribution in [0, 0.1) is 0 Å². The van der Waals surface area contributed by atoms with Gasteiger partial charge in [0.2, 0.25) is 0 Å². The molecule has 0 amide bonds. The maximum atomic E-state index is 8.68. The average molecular weight is 178 g/mol. The van der Waals surface area contributed by atoms with Gasteiger partial charge in [-0.3, -0.25) is 0 Å². The van der Waals surface area contributed by atoms with E-state index in [0.717, 1.165) is 12.8 Å². The highest BCUT2D eigenvalue weighted by Crippen LogP contribution is 2.41. The van der Waals surface area contributed by atoms with Crippen molar-refractivity contribution in [1.29, 1.82) is 0 Å². The summed E-state index contributed by atoms with van der Waals surface area (Å²) in [6, 6.07) is 3.89. The zero-order valence-electron chi connectivity index (χ0n) is 8.00. The maximum Gasteiger partial charge on any atom is 0.168 e. The van der Waals surface area contributed by atoms with E-state index in [-0.39, 0.29) is 0 Å². The molecule has 0 radical (unpaired) electrons. The van der Waals surface area contributed by atoms with Crippen LogP contribution in [0.25, 0.3) is 0 Å². The van der Waals surface area contributed by atoms with Crippen molar-refractivity contribution in [2.45, 2.75) is 32.6 Å². The van der Waals surface area contributed by atoms with Crippen LogP contribution in [0.15, 0.2) is 12.1 Å². The van der Waals surface area contributed by atoms with Gasteiger partial charge in [-0.15, -0.1) is 0 Å². The van der Waals surface area contributed by atoms with Crippen molar-refractivity contribution in [2.75, 3.05) is 0 Å². The molecule has 2 rings (SSSR count). The van der Waals surface area contributed by atoms with Crippen LogP contribution in [-0.2, 0) is 12.8 Å². The first-order valence-electron chi connectivity index (χ1n) is 4.74. The molecule has 0 aromatic heterocycles.